The molecule has 0 aliphatic carbocycles. The third-order valence-corrected chi connectivity index (χ3v) is 3.10. The van der Waals surface area contributed by atoms with Crippen molar-refractivity contribution in [2.75, 3.05) is 0 Å². The van der Waals surface area contributed by atoms with E-state index in [9.17, 15) is 25.2 Å². The van der Waals surface area contributed by atoms with Crippen molar-refractivity contribution in [1.29, 1.82) is 0 Å². The number of hydrogen-bond acceptors (Lipinski definition) is 6. The van der Waals surface area contributed by atoms with E-state index in [-0.39, 0.29) is 53.5 Å². The van der Waals surface area contributed by atoms with Crippen LogP contribution in [0.25, 0.3) is 22.3 Å². The molecule has 0 bridgehead atoms. The fourth-order valence-corrected chi connectivity index (χ4v) is 2.05. The number of hydrogen-bond donors (Lipinski definition) is 4. The smallest absolute Gasteiger partial charge is 1.00 e. The Kier molecular flexibility index (Phi) is 4.37. The van der Waals surface area contributed by atoms with Crippen LogP contribution in [-0.4, -0.2) is 20.4 Å². The van der Waals surface area contributed by atoms with Crippen LogP contribution >= 0.6 is 0 Å². The molecule has 2 aromatic carbocycles. The van der Waals surface area contributed by atoms with E-state index in [0.29, 0.717) is 5.56 Å². The van der Waals surface area contributed by atoms with Crippen molar-refractivity contribution >= 4 is 11.0 Å². The summed E-state index contributed by atoms with van der Waals surface area (Å²) in [4.78, 5) is 12.1. The predicted octanol–water partition coefficient (Wildman–Crippen LogP) is -0.601. The molecule has 3 rings (SSSR count). The predicted molar refractivity (Wildman–Crippen MR) is 75.7 cm³/mol. The maximum Gasteiger partial charge on any atom is 1.00 e. The molecule has 4 N–H and O–H groups in total. The summed E-state index contributed by atoms with van der Waals surface area (Å²) in [5.74, 6) is -1.81. The summed E-state index contributed by atoms with van der Waals surface area (Å²) in [6.07, 6.45) is 0. The van der Waals surface area contributed by atoms with Gasteiger partial charge >= 0.3 is 29.6 Å². The number of phenolic OH excluding ortho intramolecular Hbond substituents is 4. The van der Waals surface area contributed by atoms with Gasteiger partial charge in [-0.15, -0.1) is 0 Å². The van der Waals surface area contributed by atoms with Crippen LogP contribution < -0.4 is 35.0 Å². The van der Waals surface area contributed by atoms with E-state index in [1.165, 1.54) is 12.1 Å². The molecule has 3 aromatic rings. The molecule has 108 valence electrons. The molecule has 22 heavy (non-hydrogen) atoms. The maximum atomic E-state index is 12.1. The average molecular weight is 310 g/mol. The molecule has 0 atom stereocenters. The zero-order valence-electron chi connectivity index (χ0n) is 12.6. The van der Waals surface area contributed by atoms with Crippen LogP contribution in [0.1, 0.15) is 1.43 Å². The molecule has 0 radical (unpaired) electrons. The van der Waals surface area contributed by atoms with Crippen molar-refractivity contribution in [2.24, 2.45) is 0 Å². The molecular weight excluding hydrogens is 299 g/mol. The van der Waals surface area contributed by atoms with Crippen LogP contribution in [0.3, 0.4) is 0 Å². The van der Waals surface area contributed by atoms with E-state index >= 15 is 0 Å². The number of aromatic hydroxyl groups is 4. The Labute approximate surface area is 147 Å². The Morgan fingerprint density at radius 3 is 2.18 bits per heavy atom. The molecule has 0 aliphatic rings. The quantitative estimate of drug-likeness (QED) is 0.353. The number of fused-ring (bicyclic) bond motifs is 1. The van der Waals surface area contributed by atoms with E-state index < -0.39 is 22.7 Å². The van der Waals surface area contributed by atoms with Gasteiger partial charge in [-0.2, -0.15) is 0 Å². The van der Waals surface area contributed by atoms with Gasteiger partial charge < -0.3 is 26.3 Å². The number of benzene rings is 2. The van der Waals surface area contributed by atoms with E-state index in [1.54, 1.807) is 12.1 Å². The van der Waals surface area contributed by atoms with Gasteiger partial charge in [0.05, 0.1) is 0 Å². The summed E-state index contributed by atoms with van der Waals surface area (Å²) < 4.78 is 5.47. The van der Waals surface area contributed by atoms with Gasteiger partial charge in [0.15, 0.2) is 16.9 Å². The second kappa shape index (κ2) is 5.92. The van der Waals surface area contributed by atoms with Gasteiger partial charge in [0.25, 0.3) is 0 Å². The van der Waals surface area contributed by atoms with Crippen LogP contribution in [0, 0.1) is 0 Å². The molecule has 0 amide bonds. The number of rotatable bonds is 1. The van der Waals surface area contributed by atoms with Crippen LogP contribution in [0.15, 0.2) is 45.6 Å². The monoisotopic (exact) mass is 310 g/mol. The SMILES string of the molecule is O=c1cc(-c2ccc(O)cc2)oc2cc(O)c(O)c(O)c12.[H-].[Na+]. The van der Waals surface area contributed by atoms with Gasteiger partial charge in [-0.1, -0.05) is 0 Å². The summed E-state index contributed by atoms with van der Waals surface area (Å²) in [5.41, 5.74) is -0.0793. The van der Waals surface area contributed by atoms with Crippen LogP contribution in [0.2, 0.25) is 0 Å². The Hall–Kier alpha value is -2.15. The number of phenols is 4. The van der Waals surface area contributed by atoms with E-state index in [0.717, 1.165) is 12.1 Å². The second-order valence-corrected chi connectivity index (χ2v) is 4.49. The van der Waals surface area contributed by atoms with Gasteiger partial charge in [0.1, 0.15) is 22.5 Å². The first-order valence-corrected chi connectivity index (χ1v) is 5.98. The van der Waals surface area contributed by atoms with Crippen molar-refractivity contribution in [3.8, 4) is 34.3 Å². The van der Waals surface area contributed by atoms with E-state index in [4.69, 9.17) is 4.42 Å². The van der Waals surface area contributed by atoms with Crippen molar-refractivity contribution < 1.29 is 55.8 Å². The summed E-state index contributed by atoms with van der Waals surface area (Å²) in [6.45, 7) is 0. The first kappa shape index (κ1) is 16.2. The zero-order chi connectivity index (χ0) is 15.1. The molecular formula is C15H11NaO6. The molecule has 0 unspecified atom stereocenters. The Bertz CT molecular complexity index is 904. The summed E-state index contributed by atoms with van der Waals surface area (Å²) >= 11 is 0. The molecule has 0 aliphatic heterocycles. The van der Waals surface area contributed by atoms with Gasteiger partial charge in [-0.3, -0.25) is 4.79 Å². The van der Waals surface area contributed by atoms with Gasteiger partial charge in [0, 0.05) is 17.7 Å². The summed E-state index contributed by atoms with van der Waals surface area (Å²) in [7, 11) is 0. The molecule has 6 nitrogen and oxygen atoms in total. The Balaban J connectivity index is 0.00000132. The average Bonchev–Trinajstić information content (AvgIpc) is 2.45. The Morgan fingerprint density at radius 1 is 0.909 bits per heavy atom. The molecule has 0 saturated heterocycles. The van der Waals surface area contributed by atoms with E-state index in [2.05, 4.69) is 0 Å². The third kappa shape index (κ3) is 2.64. The van der Waals surface area contributed by atoms with Gasteiger partial charge in [-0.25, -0.2) is 0 Å². The van der Waals surface area contributed by atoms with E-state index in [1.807, 2.05) is 0 Å². The molecule has 0 spiro atoms. The normalized spacial score (nSPS) is 10.4. The minimum absolute atomic E-state index is 0. The first-order valence-electron chi connectivity index (χ1n) is 5.98. The zero-order valence-corrected chi connectivity index (χ0v) is 13.6. The van der Waals surface area contributed by atoms with Crippen molar-refractivity contribution in [2.45, 2.75) is 0 Å². The molecule has 0 fully saturated rings. The topological polar surface area (TPSA) is 111 Å². The van der Waals surface area contributed by atoms with Gasteiger partial charge in [0.2, 0.25) is 5.75 Å². The van der Waals surface area contributed by atoms with Crippen molar-refractivity contribution in [3.63, 3.8) is 0 Å². The second-order valence-electron chi connectivity index (χ2n) is 4.49. The summed E-state index contributed by atoms with van der Waals surface area (Å²) in [6, 6.07) is 8.19. The maximum absolute atomic E-state index is 12.1. The van der Waals surface area contributed by atoms with Crippen LogP contribution in [0.5, 0.6) is 23.0 Å². The molecule has 0 saturated carbocycles. The minimum atomic E-state index is -0.771. The third-order valence-electron chi connectivity index (χ3n) is 3.10. The van der Waals surface area contributed by atoms with Crippen molar-refractivity contribution in [3.05, 3.63) is 46.6 Å². The fourth-order valence-electron chi connectivity index (χ4n) is 2.05. The molecule has 7 heteroatoms. The van der Waals surface area contributed by atoms with Crippen LogP contribution in [0.4, 0.5) is 0 Å². The van der Waals surface area contributed by atoms with Crippen molar-refractivity contribution in [1.82, 2.24) is 0 Å². The molecule has 1 heterocycles. The van der Waals surface area contributed by atoms with Gasteiger partial charge in [-0.05, 0) is 24.3 Å². The molecule has 1 aromatic heterocycles. The Morgan fingerprint density at radius 2 is 1.55 bits per heavy atom. The fraction of sp³-hybridized carbons (Fsp3) is 0. The standard InChI is InChI=1S/C15H10O6.Na.H/c16-8-3-1-7(2-4-8)11-5-9(17)13-12(21-11)6-10(18)14(19)15(13)20;;/h1-6,16,18-20H;;/q;+1;-1. The largest absolute Gasteiger partial charge is 1.00 e. The summed E-state index contributed by atoms with van der Waals surface area (Å²) in [5, 5.41) is 37.7. The first-order chi connectivity index (χ1) is 9.97. The minimum Gasteiger partial charge on any atom is -1.00 e. The van der Waals surface area contributed by atoms with Crippen LogP contribution in [-0.2, 0) is 0 Å².